The van der Waals surface area contributed by atoms with E-state index < -0.39 is 0 Å². The number of carbonyl (C=O) groups is 2. The quantitative estimate of drug-likeness (QED) is 0.640. The second-order valence-corrected chi connectivity index (χ2v) is 6.58. The Balaban J connectivity index is 1.52. The number of hydrogen-bond donors (Lipinski definition) is 2. The number of hydrogen-bond acceptors (Lipinski definition) is 3. The molecule has 0 aliphatic rings. The van der Waals surface area contributed by atoms with Crippen LogP contribution in [0.4, 0.5) is 5.69 Å². The van der Waals surface area contributed by atoms with Crippen molar-refractivity contribution in [1.82, 2.24) is 5.32 Å². The Morgan fingerprint density at radius 2 is 1.81 bits per heavy atom. The Hall–Kier alpha value is -3.34. The molecule has 3 rings (SSSR count). The van der Waals surface area contributed by atoms with Crippen molar-refractivity contribution in [3.63, 3.8) is 0 Å². The molecule has 0 spiro atoms. The molecule has 0 saturated carbocycles. The first-order chi connectivity index (χ1) is 13.0. The molecule has 1 aromatic heterocycles. The normalized spacial score (nSPS) is 11.2. The largest absolute Gasteiger partial charge is 0.457 e. The molecular formula is C22H22N2O3. The monoisotopic (exact) mass is 362 g/mol. The van der Waals surface area contributed by atoms with Gasteiger partial charge in [0.05, 0.1) is 0 Å². The molecule has 2 aromatic carbocycles. The van der Waals surface area contributed by atoms with Crippen LogP contribution in [0.15, 0.2) is 65.1 Å². The van der Waals surface area contributed by atoms with Gasteiger partial charge in [-0.15, -0.1) is 0 Å². The van der Waals surface area contributed by atoms with E-state index in [1.165, 1.54) is 6.08 Å². The Labute approximate surface area is 158 Å². The number of para-hydroxylation sites is 1. The van der Waals surface area contributed by atoms with Gasteiger partial charge in [0.25, 0.3) is 0 Å². The van der Waals surface area contributed by atoms with Gasteiger partial charge in [0.15, 0.2) is 0 Å². The first-order valence-electron chi connectivity index (χ1n) is 8.85. The van der Waals surface area contributed by atoms with Gasteiger partial charge in [0.2, 0.25) is 11.8 Å². The third-order valence-electron chi connectivity index (χ3n) is 4.06. The van der Waals surface area contributed by atoms with E-state index in [9.17, 15) is 9.59 Å². The van der Waals surface area contributed by atoms with Crippen LogP contribution >= 0.6 is 0 Å². The molecule has 5 nitrogen and oxygen atoms in total. The smallest absolute Gasteiger partial charge is 0.244 e. The first kappa shape index (κ1) is 18.5. The van der Waals surface area contributed by atoms with Crippen LogP contribution in [0.25, 0.3) is 17.0 Å². The minimum absolute atomic E-state index is 0.0215. The molecule has 3 aromatic rings. The summed E-state index contributed by atoms with van der Waals surface area (Å²) in [6.07, 6.45) is 3.11. The van der Waals surface area contributed by atoms with Crippen molar-refractivity contribution >= 4 is 34.5 Å². The molecule has 0 unspecified atom stereocenters. The number of furan rings is 1. The summed E-state index contributed by atoms with van der Waals surface area (Å²) in [5.41, 5.74) is 2.48. The van der Waals surface area contributed by atoms with Crippen LogP contribution in [0.5, 0.6) is 0 Å². The highest BCUT2D eigenvalue weighted by Gasteiger charge is 2.07. The summed E-state index contributed by atoms with van der Waals surface area (Å²) in [5, 5.41) is 6.66. The van der Waals surface area contributed by atoms with Crippen molar-refractivity contribution in [3.05, 3.63) is 72.0 Å². The standard InChI is InChI=1S/C22H22N2O3/c1-15(2)22(26)24-18-9-7-16(8-10-18)14-23-21(25)12-11-19-13-17-5-3-4-6-20(17)27-19/h3-13,15H,14H2,1-2H3,(H,23,25)(H,24,26)/b12-11+. The summed E-state index contributed by atoms with van der Waals surface area (Å²) in [7, 11) is 0. The van der Waals surface area contributed by atoms with Crippen molar-refractivity contribution in [3.8, 4) is 0 Å². The van der Waals surface area contributed by atoms with E-state index in [1.54, 1.807) is 6.08 Å². The number of fused-ring (bicyclic) bond motifs is 1. The summed E-state index contributed by atoms with van der Waals surface area (Å²) in [6, 6.07) is 17.0. The van der Waals surface area contributed by atoms with Crippen LogP contribution in [-0.4, -0.2) is 11.8 Å². The number of nitrogens with one attached hydrogen (secondary N) is 2. The van der Waals surface area contributed by atoms with E-state index in [-0.39, 0.29) is 17.7 Å². The van der Waals surface area contributed by atoms with Crippen molar-refractivity contribution in [2.75, 3.05) is 5.32 Å². The third-order valence-corrected chi connectivity index (χ3v) is 4.06. The van der Waals surface area contributed by atoms with Crippen molar-refractivity contribution in [2.24, 2.45) is 5.92 Å². The van der Waals surface area contributed by atoms with Crippen LogP contribution in [0, 0.1) is 5.92 Å². The Kier molecular flexibility index (Phi) is 5.71. The van der Waals surface area contributed by atoms with Crippen molar-refractivity contribution in [2.45, 2.75) is 20.4 Å². The highest BCUT2D eigenvalue weighted by molar-refractivity contribution is 5.93. The number of amides is 2. The zero-order valence-electron chi connectivity index (χ0n) is 15.4. The molecule has 0 bridgehead atoms. The van der Waals surface area contributed by atoms with Gasteiger partial charge in [-0.1, -0.05) is 44.2 Å². The van der Waals surface area contributed by atoms with Gasteiger partial charge in [-0.3, -0.25) is 9.59 Å². The fourth-order valence-corrected chi connectivity index (χ4v) is 2.48. The Morgan fingerprint density at radius 3 is 2.52 bits per heavy atom. The number of benzene rings is 2. The summed E-state index contributed by atoms with van der Waals surface area (Å²) < 4.78 is 5.64. The van der Waals surface area contributed by atoms with Crippen LogP contribution in [0.2, 0.25) is 0 Å². The maximum absolute atomic E-state index is 12.0. The lowest BCUT2D eigenvalue weighted by Crippen LogP contribution is -2.20. The maximum atomic E-state index is 12.0. The lowest BCUT2D eigenvalue weighted by atomic mass is 10.1. The first-order valence-corrected chi connectivity index (χ1v) is 8.85. The highest BCUT2D eigenvalue weighted by Crippen LogP contribution is 2.19. The molecule has 0 radical (unpaired) electrons. The van der Waals surface area contributed by atoms with E-state index in [1.807, 2.05) is 68.4 Å². The van der Waals surface area contributed by atoms with Gasteiger partial charge in [0, 0.05) is 29.6 Å². The lowest BCUT2D eigenvalue weighted by molar-refractivity contribution is -0.119. The minimum Gasteiger partial charge on any atom is -0.457 e. The number of rotatable bonds is 6. The zero-order chi connectivity index (χ0) is 19.2. The van der Waals surface area contributed by atoms with Gasteiger partial charge in [0.1, 0.15) is 11.3 Å². The van der Waals surface area contributed by atoms with Crippen LogP contribution in [-0.2, 0) is 16.1 Å². The number of carbonyl (C=O) groups excluding carboxylic acids is 2. The van der Waals surface area contributed by atoms with E-state index in [2.05, 4.69) is 10.6 Å². The number of anilines is 1. The van der Waals surface area contributed by atoms with E-state index in [0.29, 0.717) is 12.3 Å². The third kappa shape index (κ3) is 5.07. The fraction of sp³-hybridized carbons (Fsp3) is 0.182. The van der Waals surface area contributed by atoms with E-state index in [0.717, 1.165) is 22.2 Å². The molecule has 0 aliphatic heterocycles. The fourth-order valence-electron chi connectivity index (χ4n) is 2.48. The lowest BCUT2D eigenvalue weighted by Gasteiger charge is -2.08. The molecule has 2 amide bonds. The predicted molar refractivity (Wildman–Crippen MR) is 107 cm³/mol. The van der Waals surface area contributed by atoms with Crippen molar-refractivity contribution in [1.29, 1.82) is 0 Å². The van der Waals surface area contributed by atoms with Crippen LogP contribution in [0.1, 0.15) is 25.2 Å². The Morgan fingerprint density at radius 1 is 1.07 bits per heavy atom. The average Bonchev–Trinajstić information content (AvgIpc) is 3.08. The molecule has 138 valence electrons. The van der Waals surface area contributed by atoms with E-state index >= 15 is 0 Å². The minimum atomic E-state index is -0.201. The molecule has 0 aliphatic carbocycles. The summed E-state index contributed by atoms with van der Waals surface area (Å²) in [5.74, 6) is 0.346. The zero-order valence-corrected chi connectivity index (χ0v) is 15.4. The second-order valence-electron chi connectivity index (χ2n) is 6.58. The topological polar surface area (TPSA) is 71.3 Å². The molecule has 1 heterocycles. The van der Waals surface area contributed by atoms with Crippen LogP contribution < -0.4 is 10.6 Å². The van der Waals surface area contributed by atoms with E-state index in [4.69, 9.17) is 4.42 Å². The van der Waals surface area contributed by atoms with Gasteiger partial charge < -0.3 is 15.1 Å². The van der Waals surface area contributed by atoms with Crippen LogP contribution in [0.3, 0.4) is 0 Å². The maximum Gasteiger partial charge on any atom is 0.244 e. The Bertz CT molecular complexity index is 936. The van der Waals surface area contributed by atoms with Gasteiger partial charge in [-0.05, 0) is 35.9 Å². The second kappa shape index (κ2) is 8.36. The van der Waals surface area contributed by atoms with Gasteiger partial charge in [-0.25, -0.2) is 0 Å². The SMILES string of the molecule is CC(C)C(=O)Nc1ccc(CNC(=O)/C=C/c2cc3ccccc3o2)cc1. The van der Waals surface area contributed by atoms with Gasteiger partial charge >= 0.3 is 0 Å². The average molecular weight is 362 g/mol. The van der Waals surface area contributed by atoms with Crippen molar-refractivity contribution < 1.29 is 14.0 Å². The molecule has 27 heavy (non-hydrogen) atoms. The van der Waals surface area contributed by atoms with Gasteiger partial charge in [-0.2, -0.15) is 0 Å². The summed E-state index contributed by atoms with van der Waals surface area (Å²) in [4.78, 5) is 23.7. The molecule has 2 N–H and O–H groups in total. The summed E-state index contributed by atoms with van der Waals surface area (Å²) in [6.45, 7) is 4.10. The summed E-state index contributed by atoms with van der Waals surface area (Å²) >= 11 is 0. The molecule has 0 saturated heterocycles. The molecule has 5 heteroatoms. The molecule has 0 fully saturated rings. The molecular weight excluding hydrogens is 340 g/mol. The molecule has 0 atom stereocenters. The predicted octanol–water partition coefficient (Wildman–Crippen LogP) is 4.36. The highest BCUT2D eigenvalue weighted by atomic mass is 16.3.